The van der Waals surface area contributed by atoms with Gasteiger partial charge in [-0.2, -0.15) is 8.42 Å². The Morgan fingerprint density at radius 1 is 0.935 bits per heavy atom. The SMILES string of the molecule is O=C(CCCCS(=O)(=O)O)N1CCC2(CCN(C(=O)CC3CCC(OCCCC4CCN(C5NCC(Cl)CN5)CC4)CC3F)C2)C1. The van der Waals surface area contributed by atoms with E-state index in [1.165, 1.54) is 12.8 Å². The Bertz CT molecular complexity index is 1120. The predicted octanol–water partition coefficient (Wildman–Crippen LogP) is 2.99. The molecule has 2 amide bonds. The summed E-state index contributed by atoms with van der Waals surface area (Å²) in [6.07, 6.45) is 8.33. The Hall–Kier alpha value is -1.09. The number of alkyl halides is 2. The molecule has 0 aromatic heterocycles. The van der Waals surface area contributed by atoms with Crippen LogP contribution in [0, 0.1) is 17.3 Å². The first kappa shape index (κ1) is 36.2. The summed E-state index contributed by atoms with van der Waals surface area (Å²) in [6.45, 7) is 7.00. The van der Waals surface area contributed by atoms with Gasteiger partial charge in [0.05, 0.1) is 17.2 Å². The lowest BCUT2D eigenvalue weighted by Gasteiger charge is -2.41. The number of nitrogens with one attached hydrogen (secondary N) is 2. The molecule has 4 aliphatic heterocycles. The van der Waals surface area contributed by atoms with Crippen LogP contribution in [0.2, 0.25) is 0 Å². The first-order chi connectivity index (χ1) is 22.0. The lowest BCUT2D eigenvalue weighted by molar-refractivity contribution is -0.133. The zero-order valence-electron chi connectivity index (χ0n) is 27.2. The standard InChI is InChI=1S/C32H55ClFN5O6S/c33-26-20-35-31(36-21-26)37-12-8-24(9-13-37)4-3-16-45-27-7-6-25(28(34)19-27)18-30(41)39-15-11-32(23-39)10-14-38(22-32)29(40)5-1-2-17-46(42,43)44/h24-28,31,35-36H,1-23H2,(H,42,43,44). The quantitative estimate of drug-likeness (QED) is 0.152. The molecular weight excluding hydrogens is 637 g/mol. The number of hydrogen-bond acceptors (Lipinski definition) is 8. The lowest BCUT2D eigenvalue weighted by Crippen LogP contribution is -2.62. The summed E-state index contributed by atoms with van der Waals surface area (Å²) in [5, 5.41) is 7.11. The van der Waals surface area contributed by atoms with E-state index in [-0.39, 0.29) is 65.9 Å². The van der Waals surface area contributed by atoms with Gasteiger partial charge in [-0.05, 0) is 76.0 Å². The summed E-state index contributed by atoms with van der Waals surface area (Å²) in [5.74, 6) is 0.130. The van der Waals surface area contributed by atoms with Crippen LogP contribution in [0.4, 0.5) is 4.39 Å². The number of rotatable bonds is 13. The van der Waals surface area contributed by atoms with Gasteiger partial charge in [0, 0.05) is 83.6 Å². The van der Waals surface area contributed by atoms with Gasteiger partial charge >= 0.3 is 0 Å². The van der Waals surface area contributed by atoms with E-state index in [4.69, 9.17) is 20.9 Å². The van der Waals surface area contributed by atoms with Crippen LogP contribution in [0.5, 0.6) is 0 Å². The molecule has 5 aliphatic rings. The monoisotopic (exact) mass is 691 g/mol. The van der Waals surface area contributed by atoms with Crippen LogP contribution in [0.1, 0.15) is 83.5 Å². The fraction of sp³-hybridized carbons (Fsp3) is 0.938. The first-order valence-corrected chi connectivity index (χ1v) is 19.6. The molecule has 14 heteroatoms. The van der Waals surface area contributed by atoms with Crippen molar-refractivity contribution in [1.29, 1.82) is 0 Å². The van der Waals surface area contributed by atoms with E-state index in [1.54, 1.807) is 0 Å². The molecule has 1 spiro atoms. The van der Waals surface area contributed by atoms with Crippen molar-refractivity contribution in [1.82, 2.24) is 25.3 Å². The highest BCUT2D eigenvalue weighted by Gasteiger charge is 2.46. The zero-order valence-corrected chi connectivity index (χ0v) is 28.8. The predicted molar refractivity (Wildman–Crippen MR) is 175 cm³/mol. The third kappa shape index (κ3) is 10.5. The minimum absolute atomic E-state index is 0.00643. The molecule has 4 unspecified atom stereocenters. The highest BCUT2D eigenvalue weighted by atomic mass is 35.5. The van der Waals surface area contributed by atoms with E-state index in [0.29, 0.717) is 58.0 Å². The van der Waals surface area contributed by atoms with Gasteiger partial charge in [0.25, 0.3) is 10.1 Å². The smallest absolute Gasteiger partial charge is 0.264 e. The number of unbranched alkanes of at least 4 members (excludes halogenated alkanes) is 1. The van der Waals surface area contributed by atoms with Gasteiger partial charge in [-0.1, -0.05) is 0 Å². The molecular formula is C32H55ClFN5O6S. The molecule has 0 bridgehead atoms. The molecule has 5 rings (SSSR count). The number of halogens is 2. The summed E-state index contributed by atoms with van der Waals surface area (Å²) >= 11 is 6.17. The third-order valence-electron chi connectivity index (χ3n) is 11.1. The van der Waals surface area contributed by atoms with Gasteiger partial charge in [-0.25, -0.2) is 4.39 Å². The van der Waals surface area contributed by atoms with Crippen molar-refractivity contribution in [3.05, 3.63) is 0 Å². The summed E-state index contributed by atoms with van der Waals surface area (Å²) in [7, 11) is -4.00. The number of amides is 2. The molecule has 4 heterocycles. The molecule has 1 saturated carbocycles. The van der Waals surface area contributed by atoms with Crippen molar-refractivity contribution >= 4 is 33.5 Å². The van der Waals surface area contributed by atoms with Crippen molar-refractivity contribution in [2.45, 2.75) is 107 Å². The largest absolute Gasteiger partial charge is 0.378 e. The Labute approximate surface area is 279 Å². The van der Waals surface area contributed by atoms with Crippen molar-refractivity contribution in [2.75, 3.05) is 64.7 Å². The Morgan fingerprint density at radius 3 is 2.26 bits per heavy atom. The van der Waals surface area contributed by atoms with E-state index in [0.717, 1.165) is 58.3 Å². The van der Waals surface area contributed by atoms with Crippen LogP contribution in [-0.2, 0) is 24.4 Å². The van der Waals surface area contributed by atoms with E-state index in [1.807, 2.05) is 9.80 Å². The molecule has 46 heavy (non-hydrogen) atoms. The Balaban J connectivity index is 0.929. The molecule has 0 aromatic rings. The fourth-order valence-electron chi connectivity index (χ4n) is 8.23. The van der Waals surface area contributed by atoms with Crippen LogP contribution in [0.15, 0.2) is 0 Å². The van der Waals surface area contributed by atoms with Crippen LogP contribution in [-0.4, -0.2) is 128 Å². The summed E-state index contributed by atoms with van der Waals surface area (Å²) in [4.78, 5) is 32.0. The lowest BCUT2D eigenvalue weighted by atomic mass is 9.83. The molecule has 5 fully saturated rings. The van der Waals surface area contributed by atoms with Crippen LogP contribution >= 0.6 is 11.6 Å². The summed E-state index contributed by atoms with van der Waals surface area (Å²) < 4.78 is 52.0. The average molecular weight is 692 g/mol. The number of nitrogens with zero attached hydrogens (tertiary/aromatic N) is 3. The van der Waals surface area contributed by atoms with Crippen molar-refractivity contribution in [3.63, 3.8) is 0 Å². The van der Waals surface area contributed by atoms with Gasteiger partial charge < -0.3 is 14.5 Å². The van der Waals surface area contributed by atoms with E-state index in [2.05, 4.69) is 15.5 Å². The Morgan fingerprint density at radius 2 is 1.61 bits per heavy atom. The van der Waals surface area contributed by atoms with E-state index >= 15 is 4.39 Å². The molecule has 3 N–H and O–H groups in total. The minimum atomic E-state index is -4.00. The van der Waals surface area contributed by atoms with E-state index in [9.17, 15) is 18.0 Å². The maximum atomic E-state index is 15.2. The third-order valence-corrected chi connectivity index (χ3v) is 12.2. The summed E-state index contributed by atoms with van der Waals surface area (Å²) in [6, 6.07) is 0. The number of carbonyl (C=O) groups excluding carboxylic acids is 2. The second kappa shape index (κ2) is 16.5. The molecule has 0 aromatic carbocycles. The van der Waals surface area contributed by atoms with E-state index < -0.39 is 16.3 Å². The molecule has 0 radical (unpaired) electrons. The van der Waals surface area contributed by atoms with Crippen molar-refractivity contribution in [2.24, 2.45) is 17.3 Å². The molecule has 11 nitrogen and oxygen atoms in total. The molecule has 264 valence electrons. The number of carbonyl (C=O) groups is 2. The number of hydrogen-bond donors (Lipinski definition) is 3. The molecule has 4 atom stereocenters. The second-order valence-corrected chi connectivity index (χ2v) is 16.8. The van der Waals surface area contributed by atoms with Gasteiger partial charge in [0.1, 0.15) is 12.5 Å². The Kier molecular flexibility index (Phi) is 13.0. The highest BCUT2D eigenvalue weighted by molar-refractivity contribution is 7.85. The van der Waals surface area contributed by atoms with Crippen LogP contribution in [0.3, 0.4) is 0 Å². The minimum Gasteiger partial charge on any atom is -0.378 e. The van der Waals surface area contributed by atoms with Gasteiger partial charge in [-0.3, -0.25) is 29.7 Å². The van der Waals surface area contributed by atoms with Gasteiger partial charge in [-0.15, -0.1) is 11.6 Å². The fourth-order valence-corrected chi connectivity index (χ4v) is 8.98. The highest BCUT2D eigenvalue weighted by Crippen LogP contribution is 2.41. The number of ether oxygens (including phenoxy) is 1. The number of piperidine rings is 1. The number of likely N-dealkylation sites (tertiary alicyclic amines) is 3. The summed E-state index contributed by atoms with van der Waals surface area (Å²) in [5.41, 5.74) is -0.102. The van der Waals surface area contributed by atoms with Crippen LogP contribution < -0.4 is 10.6 Å². The maximum Gasteiger partial charge on any atom is 0.264 e. The molecule has 4 saturated heterocycles. The van der Waals surface area contributed by atoms with Crippen LogP contribution in [0.25, 0.3) is 0 Å². The van der Waals surface area contributed by atoms with Gasteiger partial charge in [0.2, 0.25) is 11.8 Å². The first-order valence-electron chi connectivity index (χ1n) is 17.6. The molecule has 1 aliphatic carbocycles. The second-order valence-electron chi connectivity index (χ2n) is 14.6. The van der Waals surface area contributed by atoms with Gasteiger partial charge in [0.15, 0.2) is 0 Å². The normalized spacial score (nSPS) is 33.2. The zero-order chi connectivity index (χ0) is 32.7. The van der Waals surface area contributed by atoms with Crippen molar-refractivity contribution < 1.29 is 31.7 Å². The maximum absolute atomic E-state index is 15.2. The topological polar surface area (TPSA) is 132 Å². The average Bonchev–Trinajstić information content (AvgIpc) is 3.65. The van der Waals surface area contributed by atoms with Crippen molar-refractivity contribution in [3.8, 4) is 0 Å².